The molecule has 0 aliphatic carbocycles. The Morgan fingerprint density at radius 2 is 1.85 bits per heavy atom. The maximum Gasteiger partial charge on any atom is 0.254 e. The molecule has 0 radical (unpaired) electrons. The summed E-state index contributed by atoms with van der Waals surface area (Å²) >= 11 is 6.17. The molecule has 3 nitrogen and oxygen atoms in total. The average molecular weight is 291 g/mol. The van der Waals surface area contributed by atoms with E-state index < -0.39 is 0 Å². The lowest BCUT2D eigenvalue weighted by molar-refractivity contribution is 0.0919. The van der Waals surface area contributed by atoms with Crippen molar-refractivity contribution in [1.29, 1.82) is 0 Å². The van der Waals surface area contributed by atoms with E-state index in [4.69, 9.17) is 11.6 Å². The number of nitrogens with zero attached hydrogens (tertiary/aromatic N) is 1. The van der Waals surface area contributed by atoms with E-state index >= 15 is 0 Å². The predicted octanol–water partition coefficient (Wildman–Crippen LogP) is 4.03. The zero-order chi connectivity index (χ0) is 15.1. The van der Waals surface area contributed by atoms with Crippen molar-refractivity contribution in [3.05, 3.63) is 40.0 Å². The van der Waals surface area contributed by atoms with Gasteiger partial charge < -0.3 is 5.32 Å². The van der Waals surface area contributed by atoms with Crippen LogP contribution in [0.1, 0.15) is 42.3 Å². The minimum atomic E-state index is -0.308. The van der Waals surface area contributed by atoms with Crippen LogP contribution in [0.4, 0.5) is 0 Å². The maximum absolute atomic E-state index is 12.3. The standard InChI is InChI=1S/C16H19ClN2O/c1-9-6-10(2)13-11(7-9)8-12(14(17)18-13)15(20)19-16(3,4)5/h6-8H,1-5H3,(H,19,20). The van der Waals surface area contributed by atoms with Gasteiger partial charge in [0.15, 0.2) is 0 Å². The van der Waals surface area contributed by atoms with Crippen molar-refractivity contribution in [2.24, 2.45) is 0 Å². The Morgan fingerprint density at radius 3 is 2.45 bits per heavy atom. The monoisotopic (exact) mass is 290 g/mol. The van der Waals surface area contributed by atoms with Gasteiger partial charge in [0.1, 0.15) is 5.15 Å². The molecule has 2 aromatic rings. The molecule has 1 aromatic heterocycles. The number of carbonyl (C=O) groups excluding carboxylic acids is 1. The van der Waals surface area contributed by atoms with E-state index in [1.54, 1.807) is 0 Å². The smallest absolute Gasteiger partial charge is 0.254 e. The number of fused-ring (bicyclic) bond motifs is 1. The summed E-state index contributed by atoms with van der Waals surface area (Å²) in [6, 6.07) is 5.88. The van der Waals surface area contributed by atoms with Crippen LogP contribution in [0.3, 0.4) is 0 Å². The Bertz CT molecular complexity index is 687. The second kappa shape index (κ2) is 5.06. The van der Waals surface area contributed by atoms with Crippen molar-refractivity contribution in [3.63, 3.8) is 0 Å². The van der Waals surface area contributed by atoms with Crippen LogP contribution in [0.25, 0.3) is 10.9 Å². The molecule has 2 rings (SSSR count). The molecule has 0 aliphatic rings. The third kappa shape index (κ3) is 3.10. The SMILES string of the molecule is Cc1cc(C)c2nc(Cl)c(C(=O)NC(C)(C)C)cc2c1. The van der Waals surface area contributed by atoms with Gasteiger partial charge in [-0.1, -0.05) is 23.2 Å². The summed E-state index contributed by atoms with van der Waals surface area (Å²) in [7, 11) is 0. The second-order valence-electron chi connectivity index (χ2n) is 6.18. The van der Waals surface area contributed by atoms with Crippen LogP contribution < -0.4 is 5.32 Å². The summed E-state index contributed by atoms with van der Waals surface area (Å²) < 4.78 is 0. The topological polar surface area (TPSA) is 42.0 Å². The van der Waals surface area contributed by atoms with Crippen molar-refractivity contribution >= 4 is 28.4 Å². The first kappa shape index (κ1) is 14.8. The van der Waals surface area contributed by atoms with Crippen LogP contribution in [0, 0.1) is 13.8 Å². The van der Waals surface area contributed by atoms with Gasteiger partial charge in [0.2, 0.25) is 0 Å². The number of hydrogen-bond donors (Lipinski definition) is 1. The average Bonchev–Trinajstić information content (AvgIpc) is 2.27. The minimum absolute atomic E-state index is 0.198. The Morgan fingerprint density at radius 1 is 1.20 bits per heavy atom. The van der Waals surface area contributed by atoms with Crippen LogP contribution in [0.15, 0.2) is 18.2 Å². The third-order valence-electron chi connectivity index (χ3n) is 2.94. The van der Waals surface area contributed by atoms with Gasteiger partial charge in [-0.05, 0) is 52.3 Å². The van der Waals surface area contributed by atoms with Crippen molar-refractivity contribution in [2.45, 2.75) is 40.2 Å². The zero-order valence-electron chi connectivity index (χ0n) is 12.5. The molecular formula is C16H19ClN2O. The van der Waals surface area contributed by atoms with E-state index in [-0.39, 0.29) is 16.6 Å². The number of benzene rings is 1. The predicted molar refractivity (Wildman–Crippen MR) is 83.4 cm³/mol. The molecule has 1 heterocycles. The van der Waals surface area contributed by atoms with E-state index in [0.29, 0.717) is 5.56 Å². The molecule has 1 aromatic carbocycles. The largest absolute Gasteiger partial charge is 0.347 e. The van der Waals surface area contributed by atoms with Crippen LogP contribution in [-0.2, 0) is 0 Å². The molecule has 0 spiro atoms. The fraction of sp³-hybridized carbons (Fsp3) is 0.375. The summed E-state index contributed by atoms with van der Waals surface area (Å²) in [4.78, 5) is 16.6. The molecule has 106 valence electrons. The molecule has 0 aliphatic heterocycles. The number of nitrogens with one attached hydrogen (secondary N) is 1. The number of rotatable bonds is 1. The highest BCUT2D eigenvalue weighted by molar-refractivity contribution is 6.33. The zero-order valence-corrected chi connectivity index (χ0v) is 13.2. The molecule has 0 fully saturated rings. The van der Waals surface area contributed by atoms with Crippen molar-refractivity contribution < 1.29 is 4.79 Å². The van der Waals surface area contributed by atoms with E-state index in [1.807, 2.05) is 46.8 Å². The van der Waals surface area contributed by atoms with Crippen LogP contribution in [-0.4, -0.2) is 16.4 Å². The Hall–Kier alpha value is -1.61. The van der Waals surface area contributed by atoms with Gasteiger partial charge in [-0.2, -0.15) is 0 Å². The lowest BCUT2D eigenvalue weighted by Gasteiger charge is -2.21. The minimum Gasteiger partial charge on any atom is -0.347 e. The number of aryl methyl sites for hydroxylation is 2. The first-order valence-corrected chi connectivity index (χ1v) is 6.95. The highest BCUT2D eigenvalue weighted by Crippen LogP contribution is 2.24. The Balaban J connectivity index is 2.55. The van der Waals surface area contributed by atoms with Crippen LogP contribution in [0.2, 0.25) is 5.15 Å². The van der Waals surface area contributed by atoms with Gasteiger partial charge in [0.25, 0.3) is 5.91 Å². The fourth-order valence-electron chi connectivity index (χ4n) is 2.20. The number of carbonyl (C=O) groups is 1. The van der Waals surface area contributed by atoms with Gasteiger partial charge in [-0.3, -0.25) is 4.79 Å². The second-order valence-corrected chi connectivity index (χ2v) is 6.54. The van der Waals surface area contributed by atoms with Crippen molar-refractivity contribution in [2.75, 3.05) is 0 Å². The highest BCUT2D eigenvalue weighted by Gasteiger charge is 2.19. The molecular weight excluding hydrogens is 272 g/mol. The molecule has 0 unspecified atom stereocenters. The summed E-state index contributed by atoms with van der Waals surface area (Å²) in [6.45, 7) is 9.81. The van der Waals surface area contributed by atoms with Crippen LogP contribution in [0.5, 0.6) is 0 Å². The molecule has 0 bridgehead atoms. The Kier molecular flexibility index (Phi) is 3.74. The van der Waals surface area contributed by atoms with Gasteiger partial charge in [0.05, 0.1) is 11.1 Å². The first-order valence-electron chi connectivity index (χ1n) is 6.57. The first-order chi connectivity index (χ1) is 9.17. The lowest BCUT2D eigenvalue weighted by Crippen LogP contribution is -2.40. The van der Waals surface area contributed by atoms with E-state index in [1.165, 1.54) is 0 Å². The van der Waals surface area contributed by atoms with E-state index in [9.17, 15) is 4.79 Å². The summed E-state index contributed by atoms with van der Waals surface area (Å²) in [5.41, 5.74) is 3.15. The molecule has 0 saturated carbocycles. The molecule has 20 heavy (non-hydrogen) atoms. The highest BCUT2D eigenvalue weighted by atomic mass is 35.5. The van der Waals surface area contributed by atoms with E-state index in [0.717, 1.165) is 22.0 Å². The lowest BCUT2D eigenvalue weighted by atomic mass is 10.0. The van der Waals surface area contributed by atoms with Gasteiger partial charge in [0, 0.05) is 10.9 Å². The molecule has 0 atom stereocenters. The maximum atomic E-state index is 12.3. The number of hydrogen-bond acceptors (Lipinski definition) is 2. The molecule has 1 amide bonds. The van der Waals surface area contributed by atoms with Gasteiger partial charge in [-0.15, -0.1) is 0 Å². The normalized spacial score (nSPS) is 11.7. The fourth-order valence-corrected chi connectivity index (χ4v) is 2.42. The van der Waals surface area contributed by atoms with E-state index in [2.05, 4.69) is 16.4 Å². The third-order valence-corrected chi connectivity index (χ3v) is 3.23. The number of pyridine rings is 1. The van der Waals surface area contributed by atoms with Gasteiger partial charge >= 0.3 is 0 Å². The van der Waals surface area contributed by atoms with Crippen molar-refractivity contribution in [3.8, 4) is 0 Å². The number of aromatic nitrogens is 1. The summed E-state index contributed by atoms with van der Waals surface area (Å²) in [5, 5.41) is 4.08. The quantitative estimate of drug-likeness (QED) is 0.806. The molecule has 4 heteroatoms. The number of amides is 1. The van der Waals surface area contributed by atoms with Gasteiger partial charge in [-0.25, -0.2) is 4.98 Å². The molecule has 1 N–H and O–H groups in total. The number of halogens is 1. The summed E-state index contributed by atoms with van der Waals surface area (Å²) in [5.74, 6) is -0.198. The molecule has 0 saturated heterocycles. The van der Waals surface area contributed by atoms with Crippen molar-refractivity contribution in [1.82, 2.24) is 10.3 Å². The van der Waals surface area contributed by atoms with Crippen LogP contribution >= 0.6 is 11.6 Å². The Labute approximate surface area is 124 Å². The summed E-state index contributed by atoms with van der Waals surface area (Å²) in [6.07, 6.45) is 0.